The quantitative estimate of drug-likeness (QED) is 0.902. The Labute approximate surface area is 130 Å². The molecule has 2 aromatic rings. The number of nitrogens with zero attached hydrogens (tertiary/aromatic N) is 2. The summed E-state index contributed by atoms with van der Waals surface area (Å²) in [7, 11) is 0. The van der Waals surface area contributed by atoms with E-state index >= 15 is 0 Å². The lowest BCUT2D eigenvalue weighted by atomic mass is 9.95. The van der Waals surface area contributed by atoms with Gasteiger partial charge in [0.15, 0.2) is 5.82 Å². The van der Waals surface area contributed by atoms with Gasteiger partial charge in [-0.25, -0.2) is 9.97 Å². The first-order valence-corrected chi connectivity index (χ1v) is 7.87. The van der Waals surface area contributed by atoms with Gasteiger partial charge in [-0.1, -0.05) is 18.0 Å². The molecule has 21 heavy (non-hydrogen) atoms. The maximum Gasteiger partial charge on any atom is 0.159 e. The zero-order valence-electron chi connectivity index (χ0n) is 12.5. The summed E-state index contributed by atoms with van der Waals surface area (Å²) in [5.74, 6) is 0.779. The predicted octanol–water partition coefficient (Wildman–Crippen LogP) is 4.23. The van der Waals surface area contributed by atoms with Crippen LogP contribution >= 0.6 is 11.6 Å². The fourth-order valence-electron chi connectivity index (χ4n) is 3.06. The number of halogens is 1. The molecular formula is C17H20ClN3. The molecule has 1 unspecified atom stereocenters. The van der Waals surface area contributed by atoms with Crippen molar-refractivity contribution in [3.63, 3.8) is 0 Å². The van der Waals surface area contributed by atoms with Crippen LogP contribution < -0.4 is 5.32 Å². The number of benzene rings is 1. The van der Waals surface area contributed by atoms with Crippen LogP contribution in [0.1, 0.15) is 42.3 Å². The molecule has 110 valence electrons. The summed E-state index contributed by atoms with van der Waals surface area (Å²) in [6, 6.07) is 8.09. The number of rotatable bonds is 2. The highest BCUT2D eigenvalue weighted by Gasteiger charge is 2.21. The minimum atomic E-state index is 0.401. The Morgan fingerprint density at radius 3 is 2.29 bits per heavy atom. The van der Waals surface area contributed by atoms with Crippen molar-refractivity contribution < 1.29 is 0 Å². The highest BCUT2D eigenvalue weighted by Crippen LogP contribution is 2.28. The van der Waals surface area contributed by atoms with E-state index in [1.807, 2.05) is 24.3 Å². The van der Waals surface area contributed by atoms with Gasteiger partial charge in [-0.05, 0) is 57.5 Å². The molecule has 1 aromatic heterocycles. The molecule has 1 aromatic carbocycles. The Morgan fingerprint density at radius 1 is 1.05 bits per heavy atom. The topological polar surface area (TPSA) is 37.8 Å². The normalized spacial score (nSPS) is 18.7. The first-order chi connectivity index (χ1) is 10.1. The molecule has 1 atom stereocenters. The molecule has 0 spiro atoms. The summed E-state index contributed by atoms with van der Waals surface area (Å²) < 4.78 is 0. The molecule has 0 saturated carbocycles. The Balaban J connectivity index is 1.97. The van der Waals surface area contributed by atoms with E-state index in [1.54, 1.807) is 0 Å². The van der Waals surface area contributed by atoms with Gasteiger partial charge in [-0.3, -0.25) is 0 Å². The summed E-state index contributed by atoms with van der Waals surface area (Å²) >= 11 is 5.94. The van der Waals surface area contributed by atoms with Gasteiger partial charge >= 0.3 is 0 Å². The largest absolute Gasteiger partial charge is 0.310 e. The molecule has 0 aliphatic carbocycles. The molecule has 0 radical (unpaired) electrons. The fourth-order valence-corrected chi connectivity index (χ4v) is 3.18. The number of hydrogen-bond donors (Lipinski definition) is 1. The number of piperidine rings is 1. The highest BCUT2D eigenvalue weighted by atomic mass is 35.5. The molecule has 3 nitrogen and oxygen atoms in total. The summed E-state index contributed by atoms with van der Waals surface area (Å²) in [5, 5.41) is 4.32. The molecule has 1 aliphatic heterocycles. The Hall–Kier alpha value is -1.45. The van der Waals surface area contributed by atoms with Gasteiger partial charge < -0.3 is 5.32 Å². The van der Waals surface area contributed by atoms with Gasteiger partial charge in [0.2, 0.25) is 0 Å². The van der Waals surface area contributed by atoms with Crippen LogP contribution in [0.3, 0.4) is 0 Å². The molecule has 4 heteroatoms. The van der Waals surface area contributed by atoms with Crippen molar-refractivity contribution in [3.05, 3.63) is 46.2 Å². The molecule has 0 amide bonds. The van der Waals surface area contributed by atoms with E-state index in [-0.39, 0.29) is 0 Å². The average Bonchev–Trinajstić information content (AvgIpc) is 2.48. The smallest absolute Gasteiger partial charge is 0.159 e. The summed E-state index contributed by atoms with van der Waals surface area (Å²) in [6.45, 7) is 5.25. The molecule has 0 bridgehead atoms. The third-order valence-corrected chi connectivity index (χ3v) is 4.34. The highest BCUT2D eigenvalue weighted by molar-refractivity contribution is 6.30. The summed E-state index contributed by atoms with van der Waals surface area (Å²) in [5.41, 5.74) is 4.43. The van der Waals surface area contributed by atoms with Gasteiger partial charge in [-0.15, -0.1) is 0 Å². The van der Waals surface area contributed by atoms with E-state index in [1.165, 1.54) is 24.8 Å². The van der Waals surface area contributed by atoms with Gasteiger partial charge in [0.1, 0.15) is 0 Å². The van der Waals surface area contributed by atoms with E-state index in [2.05, 4.69) is 19.2 Å². The number of aryl methyl sites for hydroxylation is 2. The van der Waals surface area contributed by atoms with Crippen LogP contribution in [0.25, 0.3) is 11.4 Å². The summed E-state index contributed by atoms with van der Waals surface area (Å²) in [4.78, 5) is 9.43. The van der Waals surface area contributed by atoms with Crippen LogP contribution in [-0.2, 0) is 0 Å². The van der Waals surface area contributed by atoms with Crippen molar-refractivity contribution in [2.75, 3.05) is 6.54 Å². The van der Waals surface area contributed by atoms with Crippen molar-refractivity contribution in [1.29, 1.82) is 0 Å². The predicted molar refractivity (Wildman–Crippen MR) is 86.5 cm³/mol. The Kier molecular flexibility index (Phi) is 4.22. The third kappa shape index (κ3) is 3.09. The monoisotopic (exact) mass is 301 g/mol. The van der Waals surface area contributed by atoms with E-state index in [4.69, 9.17) is 21.6 Å². The maximum atomic E-state index is 5.94. The Bertz CT molecular complexity index is 608. The van der Waals surface area contributed by atoms with Crippen molar-refractivity contribution in [2.45, 2.75) is 39.2 Å². The molecule has 1 saturated heterocycles. The van der Waals surface area contributed by atoms with Gasteiger partial charge in [0.25, 0.3) is 0 Å². The van der Waals surface area contributed by atoms with Crippen LogP contribution in [0.2, 0.25) is 5.02 Å². The third-order valence-electron chi connectivity index (χ3n) is 4.09. The zero-order chi connectivity index (χ0) is 14.8. The van der Waals surface area contributed by atoms with Crippen LogP contribution in [0.5, 0.6) is 0 Å². The fraction of sp³-hybridized carbons (Fsp3) is 0.412. The second kappa shape index (κ2) is 6.12. The van der Waals surface area contributed by atoms with Crippen molar-refractivity contribution in [2.24, 2.45) is 0 Å². The minimum Gasteiger partial charge on any atom is -0.310 e. The standard InChI is InChI=1S/C17H20ClN3/c1-11-16(15-5-3-4-10-19-15)12(2)21-17(20-11)13-6-8-14(18)9-7-13/h6-9,15,19H,3-5,10H2,1-2H3. The molecule has 3 rings (SSSR count). The van der Waals surface area contributed by atoms with Crippen molar-refractivity contribution >= 4 is 11.6 Å². The Morgan fingerprint density at radius 2 is 1.71 bits per heavy atom. The van der Waals surface area contributed by atoms with E-state index in [9.17, 15) is 0 Å². The van der Waals surface area contributed by atoms with Crippen LogP contribution in [-0.4, -0.2) is 16.5 Å². The van der Waals surface area contributed by atoms with Crippen LogP contribution in [0.15, 0.2) is 24.3 Å². The number of hydrogen-bond acceptors (Lipinski definition) is 3. The van der Waals surface area contributed by atoms with Crippen molar-refractivity contribution in [1.82, 2.24) is 15.3 Å². The lowest BCUT2D eigenvalue weighted by molar-refractivity contribution is 0.408. The van der Waals surface area contributed by atoms with E-state index in [0.29, 0.717) is 6.04 Å². The maximum absolute atomic E-state index is 5.94. The molecular weight excluding hydrogens is 282 g/mol. The van der Waals surface area contributed by atoms with E-state index < -0.39 is 0 Å². The van der Waals surface area contributed by atoms with Gasteiger partial charge in [0.05, 0.1) is 0 Å². The van der Waals surface area contributed by atoms with E-state index in [0.717, 1.165) is 34.3 Å². The molecule has 1 N–H and O–H groups in total. The molecule has 1 aliphatic rings. The molecule has 1 fully saturated rings. The lowest BCUT2D eigenvalue weighted by Gasteiger charge is -2.26. The van der Waals surface area contributed by atoms with Gasteiger partial charge in [-0.2, -0.15) is 0 Å². The van der Waals surface area contributed by atoms with Gasteiger partial charge in [0, 0.05) is 33.6 Å². The molecule has 2 heterocycles. The van der Waals surface area contributed by atoms with Crippen molar-refractivity contribution in [3.8, 4) is 11.4 Å². The second-order valence-corrected chi connectivity index (χ2v) is 6.08. The average molecular weight is 302 g/mol. The first kappa shape index (κ1) is 14.5. The zero-order valence-corrected chi connectivity index (χ0v) is 13.2. The number of aromatic nitrogens is 2. The minimum absolute atomic E-state index is 0.401. The second-order valence-electron chi connectivity index (χ2n) is 5.64. The SMILES string of the molecule is Cc1nc(-c2ccc(Cl)cc2)nc(C)c1C1CCCCN1. The number of nitrogens with one attached hydrogen (secondary N) is 1. The van der Waals surface area contributed by atoms with Crippen LogP contribution in [0.4, 0.5) is 0 Å². The first-order valence-electron chi connectivity index (χ1n) is 7.49. The summed E-state index contributed by atoms with van der Waals surface area (Å²) in [6.07, 6.45) is 3.71. The van der Waals surface area contributed by atoms with Crippen LogP contribution in [0, 0.1) is 13.8 Å². The lowest BCUT2D eigenvalue weighted by Crippen LogP contribution is -2.28.